The fraction of sp³-hybridized carbons (Fsp3) is 0.286. The number of hydrogen-bond acceptors (Lipinski definition) is 5. The van der Waals surface area contributed by atoms with Crippen molar-refractivity contribution in [3.05, 3.63) is 42.2 Å². The van der Waals surface area contributed by atoms with Crippen LogP contribution in [0.25, 0.3) is 0 Å². The molecule has 1 heterocycles. The van der Waals surface area contributed by atoms with Gasteiger partial charge in [-0.05, 0) is 12.0 Å². The highest BCUT2D eigenvalue weighted by molar-refractivity contribution is 5.55. The van der Waals surface area contributed by atoms with E-state index in [0.29, 0.717) is 30.7 Å². The Balaban J connectivity index is 2.04. The quantitative estimate of drug-likeness (QED) is 0.862. The summed E-state index contributed by atoms with van der Waals surface area (Å²) >= 11 is 0. The van der Waals surface area contributed by atoms with Crippen LogP contribution in [0.4, 0.5) is 5.69 Å². The van der Waals surface area contributed by atoms with Crippen LogP contribution in [-0.4, -0.2) is 16.6 Å². The summed E-state index contributed by atoms with van der Waals surface area (Å²) in [6, 6.07) is 9.83. The van der Waals surface area contributed by atoms with Crippen molar-refractivity contribution < 1.29 is 9.47 Å². The maximum Gasteiger partial charge on any atom is 0.244 e. The summed E-state index contributed by atoms with van der Waals surface area (Å²) in [6.45, 7) is 3.00. The highest BCUT2D eigenvalue weighted by atomic mass is 16.5. The molecule has 100 valence electrons. The molecule has 0 fully saturated rings. The van der Waals surface area contributed by atoms with Gasteiger partial charge in [-0.3, -0.25) is 0 Å². The number of aromatic nitrogens is 2. The van der Waals surface area contributed by atoms with Crippen LogP contribution < -0.4 is 15.2 Å². The second-order valence-corrected chi connectivity index (χ2v) is 4.02. The van der Waals surface area contributed by atoms with E-state index in [0.717, 1.165) is 12.0 Å². The van der Waals surface area contributed by atoms with E-state index < -0.39 is 0 Å². The Morgan fingerprint density at radius 2 is 1.74 bits per heavy atom. The summed E-state index contributed by atoms with van der Waals surface area (Å²) in [5.74, 6) is 0.727. The Hall–Kier alpha value is -2.30. The Morgan fingerprint density at radius 3 is 2.42 bits per heavy atom. The molecule has 0 saturated heterocycles. The molecular formula is C14H17N3O2. The van der Waals surface area contributed by atoms with Crippen molar-refractivity contribution in [1.29, 1.82) is 0 Å². The van der Waals surface area contributed by atoms with Crippen molar-refractivity contribution in [3.8, 4) is 11.8 Å². The fourth-order valence-corrected chi connectivity index (χ4v) is 1.52. The van der Waals surface area contributed by atoms with E-state index in [1.165, 1.54) is 6.33 Å². The largest absolute Gasteiger partial charge is 0.476 e. The topological polar surface area (TPSA) is 70.3 Å². The summed E-state index contributed by atoms with van der Waals surface area (Å²) in [6.07, 6.45) is 2.28. The lowest BCUT2D eigenvalue weighted by atomic mass is 10.2. The monoisotopic (exact) mass is 259 g/mol. The van der Waals surface area contributed by atoms with E-state index in [9.17, 15) is 0 Å². The van der Waals surface area contributed by atoms with Gasteiger partial charge in [0.1, 0.15) is 12.9 Å². The number of anilines is 1. The van der Waals surface area contributed by atoms with Gasteiger partial charge in [-0.1, -0.05) is 37.3 Å². The Labute approximate surface area is 112 Å². The van der Waals surface area contributed by atoms with Crippen LogP contribution in [0.5, 0.6) is 11.8 Å². The van der Waals surface area contributed by atoms with Crippen LogP contribution in [-0.2, 0) is 6.61 Å². The number of hydrogen-bond donors (Lipinski definition) is 1. The number of nitrogens with zero attached hydrogens (tertiary/aromatic N) is 2. The van der Waals surface area contributed by atoms with Gasteiger partial charge in [0.05, 0.1) is 6.61 Å². The zero-order valence-electron chi connectivity index (χ0n) is 10.9. The third kappa shape index (κ3) is 3.58. The highest BCUT2D eigenvalue weighted by Crippen LogP contribution is 2.27. The second-order valence-electron chi connectivity index (χ2n) is 4.02. The summed E-state index contributed by atoms with van der Waals surface area (Å²) in [5, 5.41) is 0. The third-order valence-electron chi connectivity index (χ3n) is 2.47. The SMILES string of the molecule is CCCOc1ncnc(OCc2ccccc2)c1N. The molecule has 0 atom stereocenters. The van der Waals surface area contributed by atoms with Crippen LogP contribution >= 0.6 is 0 Å². The van der Waals surface area contributed by atoms with E-state index >= 15 is 0 Å². The van der Waals surface area contributed by atoms with Gasteiger partial charge in [-0.2, -0.15) is 9.97 Å². The standard InChI is InChI=1S/C14H17N3O2/c1-2-8-18-13-12(15)14(17-10-16-13)19-9-11-6-4-3-5-7-11/h3-7,10H,2,8-9,15H2,1H3. The Morgan fingerprint density at radius 1 is 1.05 bits per heavy atom. The van der Waals surface area contributed by atoms with Crippen molar-refractivity contribution >= 4 is 5.69 Å². The maximum atomic E-state index is 5.91. The summed E-state index contributed by atoms with van der Waals surface area (Å²) in [7, 11) is 0. The molecule has 0 saturated carbocycles. The van der Waals surface area contributed by atoms with Gasteiger partial charge in [0.25, 0.3) is 0 Å². The van der Waals surface area contributed by atoms with E-state index in [1.54, 1.807) is 0 Å². The second kappa shape index (κ2) is 6.58. The zero-order chi connectivity index (χ0) is 13.5. The van der Waals surface area contributed by atoms with Crippen molar-refractivity contribution in [2.24, 2.45) is 0 Å². The van der Waals surface area contributed by atoms with Crippen LogP contribution in [0, 0.1) is 0 Å². The maximum absolute atomic E-state index is 5.91. The molecule has 0 bridgehead atoms. The smallest absolute Gasteiger partial charge is 0.244 e. The highest BCUT2D eigenvalue weighted by Gasteiger charge is 2.10. The molecule has 0 aliphatic rings. The molecular weight excluding hydrogens is 242 g/mol. The molecule has 19 heavy (non-hydrogen) atoms. The van der Waals surface area contributed by atoms with Gasteiger partial charge in [0.2, 0.25) is 11.8 Å². The first-order chi connectivity index (χ1) is 9.31. The first-order valence-electron chi connectivity index (χ1n) is 6.21. The molecule has 2 rings (SSSR count). The van der Waals surface area contributed by atoms with Crippen molar-refractivity contribution in [1.82, 2.24) is 9.97 Å². The Kier molecular flexibility index (Phi) is 4.55. The molecule has 5 nitrogen and oxygen atoms in total. The van der Waals surface area contributed by atoms with Gasteiger partial charge >= 0.3 is 0 Å². The first kappa shape index (κ1) is 13.1. The molecule has 0 radical (unpaired) electrons. The van der Waals surface area contributed by atoms with Gasteiger partial charge in [-0.15, -0.1) is 0 Å². The number of ether oxygens (including phenoxy) is 2. The molecule has 2 aromatic rings. The molecule has 0 amide bonds. The van der Waals surface area contributed by atoms with Gasteiger partial charge in [-0.25, -0.2) is 0 Å². The van der Waals surface area contributed by atoms with E-state index in [1.807, 2.05) is 37.3 Å². The Bertz CT molecular complexity index is 517. The number of nitrogen functional groups attached to an aromatic ring is 1. The van der Waals surface area contributed by atoms with Gasteiger partial charge < -0.3 is 15.2 Å². The summed E-state index contributed by atoms with van der Waals surface area (Å²) in [5.41, 5.74) is 7.31. The normalized spacial score (nSPS) is 10.2. The molecule has 0 aliphatic carbocycles. The molecule has 0 aliphatic heterocycles. The fourth-order valence-electron chi connectivity index (χ4n) is 1.52. The predicted octanol–water partition coefficient (Wildman–Crippen LogP) is 2.43. The first-order valence-corrected chi connectivity index (χ1v) is 6.21. The molecule has 1 aromatic heterocycles. The third-order valence-corrected chi connectivity index (χ3v) is 2.47. The minimum atomic E-state index is 0.340. The summed E-state index contributed by atoms with van der Waals surface area (Å²) < 4.78 is 11.0. The van der Waals surface area contributed by atoms with Crippen LogP contribution in [0.15, 0.2) is 36.7 Å². The average molecular weight is 259 g/mol. The van der Waals surface area contributed by atoms with Crippen LogP contribution in [0.1, 0.15) is 18.9 Å². The van der Waals surface area contributed by atoms with Crippen LogP contribution in [0.3, 0.4) is 0 Å². The lowest BCUT2D eigenvalue weighted by molar-refractivity contribution is 0.282. The lowest BCUT2D eigenvalue weighted by Crippen LogP contribution is -2.06. The van der Waals surface area contributed by atoms with Gasteiger partial charge in [0.15, 0.2) is 5.69 Å². The number of rotatable bonds is 6. The summed E-state index contributed by atoms with van der Waals surface area (Å²) in [4.78, 5) is 8.02. The van der Waals surface area contributed by atoms with Crippen molar-refractivity contribution in [3.63, 3.8) is 0 Å². The minimum absolute atomic E-state index is 0.340. The van der Waals surface area contributed by atoms with E-state index in [2.05, 4.69) is 9.97 Å². The molecule has 1 aromatic carbocycles. The van der Waals surface area contributed by atoms with Crippen LogP contribution in [0.2, 0.25) is 0 Å². The van der Waals surface area contributed by atoms with Crippen molar-refractivity contribution in [2.45, 2.75) is 20.0 Å². The van der Waals surface area contributed by atoms with E-state index in [4.69, 9.17) is 15.2 Å². The molecule has 2 N–H and O–H groups in total. The minimum Gasteiger partial charge on any atom is -0.476 e. The molecule has 0 unspecified atom stereocenters. The predicted molar refractivity (Wildman–Crippen MR) is 73.0 cm³/mol. The zero-order valence-corrected chi connectivity index (χ0v) is 10.9. The molecule has 0 spiro atoms. The van der Waals surface area contributed by atoms with E-state index in [-0.39, 0.29) is 0 Å². The lowest BCUT2D eigenvalue weighted by Gasteiger charge is -2.10. The average Bonchev–Trinajstić information content (AvgIpc) is 2.46. The number of nitrogens with two attached hydrogens (primary N) is 1. The molecule has 5 heteroatoms. The van der Waals surface area contributed by atoms with Gasteiger partial charge in [0, 0.05) is 0 Å². The number of benzene rings is 1. The van der Waals surface area contributed by atoms with Crippen molar-refractivity contribution in [2.75, 3.05) is 12.3 Å².